The first-order valence-corrected chi connectivity index (χ1v) is 11.3. The highest BCUT2D eigenvalue weighted by atomic mass is 35.5. The van der Waals surface area contributed by atoms with Crippen molar-refractivity contribution in [1.29, 1.82) is 0 Å². The normalized spacial score (nSPS) is 10.8. The first kappa shape index (κ1) is 24.1. The van der Waals surface area contributed by atoms with E-state index in [1.54, 1.807) is 68.8 Å². The molecule has 1 N–H and O–H groups in total. The van der Waals surface area contributed by atoms with Gasteiger partial charge in [-0.1, -0.05) is 29.8 Å². The second-order valence-electron chi connectivity index (χ2n) is 7.84. The smallest absolute Gasteiger partial charge is 0.331 e. The van der Waals surface area contributed by atoms with Crippen LogP contribution in [0.15, 0.2) is 76.3 Å². The van der Waals surface area contributed by atoms with E-state index in [0.717, 1.165) is 10.1 Å². The van der Waals surface area contributed by atoms with Crippen molar-refractivity contribution in [2.24, 2.45) is 0 Å². The Labute approximate surface area is 206 Å². The molecule has 0 spiro atoms. The topological polar surface area (TPSA) is 91.6 Å². The molecular formula is C26H24ClN3O5. The summed E-state index contributed by atoms with van der Waals surface area (Å²) in [6.07, 6.45) is 0.408. The monoisotopic (exact) mass is 493 g/mol. The quantitative estimate of drug-likeness (QED) is 0.404. The van der Waals surface area contributed by atoms with Crippen LogP contribution in [-0.4, -0.2) is 29.3 Å². The van der Waals surface area contributed by atoms with Gasteiger partial charge < -0.3 is 14.8 Å². The molecule has 4 aromatic rings. The molecule has 0 bridgehead atoms. The number of anilines is 1. The standard InChI is InChI=1S/C26H24ClN3O5/c1-34-22-12-7-17(15-23(22)35-2)13-14-29-25(32)20-5-3-4-6-21(20)30(26(29)33)16-24(31)28-19-10-8-18(27)9-11-19/h3-12,15H,13-14,16H2,1-2H3,(H,28,31). The number of halogens is 1. The van der Waals surface area contributed by atoms with Gasteiger partial charge in [0.15, 0.2) is 11.5 Å². The Balaban J connectivity index is 1.66. The van der Waals surface area contributed by atoms with Crippen molar-refractivity contribution in [3.63, 3.8) is 0 Å². The van der Waals surface area contributed by atoms with Gasteiger partial charge in [0.25, 0.3) is 5.56 Å². The van der Waals surface area contributed by atoms with Crippen LogP contribution in [0.5, 0.6) is 11.5 Å². The maximum Gasteiger partial charge on any atom is 0.331 e. The Morgan fingerprint density at radius 3 is 2.34 bits per heavy atom. The Morgan fingerprint density at radius 2 is 1.63 bits per heavy atom. The molecule has 0 aliphatic carbocycles. The van der Waals surface area contributed by atoms with Gasteiger partial charge in [-0.25, -0.2) is 4.79 Å². The molecule has 35 heavy (non-hydrogen) atoms. The Bertz CT molecular complexity index is 1490. The van der Waals surface area contributed by atoms with Gasteiger partial charge in [0, 0.05) is 17.3 Å². The number of nitrogens with zero attached hydrogens (tertiary/aromatic N) is 2. The zero-order valence-electron chi connectivity index (χ0n) is 19.3. The second-order valence-corrected chi connectivity index (χ2v) is 8.27. The molecule has 0 saturated heterocycles. The summed E-state index contributed by atoms with van der Waals surface area (Å²) in [5, 5.41) is 3.66. The molecule has 1 amide bonds. The largest absolute Gasteiger partial charge is 0.493 e. The lowest BCUT2D eigenvalue weighted by atomic mass is 10.1. The lowest BCUT2D eigenvalue weighted by Gasteiger charge is -2.15. The van der Waals surface area contributed by atoms with Crippen LogP contribution >= 0.6 is 11.6 Å². The molecule has 4 rings (SSSR count). The van der Waals surface area contributed by atoms with E-state index < -0.39 is 17.2 Å². The van der Waals surface area contributed by atoms with Crippen LogP contribution in [0.1, 0.15) is 5.56 Å². The third-order valence-corrected chi connectivity index (χ3v) is 5.89. The molecule has 1 aromatic heterocycles. The number of hydrogen-bond donors (Lipinski definition) is 1. The van der Waals surface area contributed by atoms with Crippen LogP contribution in [0.3, 0.4) is 0 Å². The third kappa shape index (κ3) is 5.22. The first-order valence-electron chi connectivity index (χ1n) is 10.9. The number of hydrogen-bond acceptors (Lipinski definition) is 5. The maximum atomic E-state index is 13.4. The van der Waals surface area contributed by atoms with Gasteiger partial charge in [-0.2, -0.15) is 0 Å². The summed E-state index contributed by atoms with van der Waals surface area (Å²) in [7, 11) is 3.10. The predicted molar refractivity (Wildman–Crippen MR) is 136 cm³/mol. The van der Waals surface area contributed by atoms with E-state index in [9.17, 15) is 14.4 Å². The number of methoxy groups -OCH3 is 2. The summed E-state index contributed by atoms with van der Waals surface area (Å²) in [4.78, 5) is 39.3. The van der Waals surface area contributed by atoms with E-state index in [1.165, 1.54) is 4.57 Å². The van der Waals surface area contributed by atoms with Crippen LogP contribution in [-0.2, 0) is 24.3 Å². The van der Waals surface area contributed by atoms with E-state index in [4.69, 9.17) is 21.1 Å². The fourth-order valence-corrected chi connectivity index (χ4v) is 4.00. The fraction of sp³-hybridized carbons (Fsp3) is 0.192. The number of amides is 1. The van der Waals surface area contributed by atoms with E-state index in [1.807, 2.05) is 12.1 Å². The van der Waals surface area contributed by atoms with Crippen molar-refractivity contribution < 1.29 is 14.3 Å². The summed E-state index contributed by atoms with van der Waals surface area (Å²) >= 11 is 5.90. The Kier molecular flexibility index (Phi) is 7.22. The van der Waals surface area contributed by atoms with Crippen molar-refractivity contribution in [1.82, 2.24) is 9.13 Å². The molecule has 180 valence electrons. The highest BCUT2D eigenvalue weighted by Gasteiger charge is 2.16. The van der Waals surface area contributed by atoms with Crippen molar-refractivity contribution >= 4 is 34.1 Å². The van der Waals surface area contributed by atoms with Gasteiger partial charge in [-0.05, 0) is 60.5 Å². The van der Waals surface area contributed by atoms with E-state index in [-0.39, 0.29) is 13.1 Å². The minimum atomic E-state index is -0.555. The summed E-state index contributed by atoms with van der Waals surface area (Å²) in [6, 6.07) is 18.9. The van der Waals surface area contributed by atoms with E-state index >= 15 is 0 Å². The van der Waals surface area contributed by atoms with Gasteiger partial charge in [-0.3, -0.25) is 18.7 Å². The molecule has 0 aliphatic rings. The maximum absolute atomic E-state index is 13.4. The summed E-state index contributed by atoms with van der Waals surface area (Å²) in [6.45, 7) is -0.116. The average molecular weight is 494 g/mol. The molecule has 0 atom stereocenters. The van der Waals surface area contributed by atoms with Crippen molar-refractivity contribution in [2.45, 2.75) is 19.5 Å². The first-order chi connectivity index (χ1) is 16.9. The molecule has 8 nitrogen and oxygen atoms in total. The van der Waals surface area contributed by atoms with Crippen LogP contribution in [0, 0.1) is 0 Å². The van der Waals surface area contributed by atoms with Crippen LogP contribution < -0.4 is 26.0 Å². The molecular weight excluding hydrogens is 470 g/mol. The molecule has 0 aliphatic heterocycles. The molecule has 0 radical (unpaired) electrons. The van der Waals surface area contributed by atoms with Crippen molar-refractivity contribution in [3.8, 4) is 11.5 Å². The lowest BCUT2D eigenvalue weighted by molar-refractivity contribution is -0.116. The van der Waals surface area contributed by atoms with Gasteiger partial charge in [0.1, 0.15) is 6.54 Å². The van der Waals surface area contributed by atoms with E-state index in [2.05, 4.69) is 5.32 Å². The van der Waals surface area contributed by atoms with Gasteiger partial charge in [-0.15, -0.1) is 0 Å². The number of carbonyl (C=O) groups excluding carboxylic acids is 1. The minimum absolute atomic E-state index is 0.136. The average Bonchev–Trinajstić information content (AvgIpc) is 2.87. The molecule has 3 aromatic carbocycles. The number of carbonyl (C=O) groups is 1. The van der Waals surface area contributed by atoms with Crippen LogP contribution in [0.2, 0.25) is 5.02 Å². The number of rotatable bonds is 8. The van der Waals surface area contributed by atoms with Crippen molar-refractivity contribution in [3.05, 3.63) is 98.2 Å². The van der Waals surface area contributed by atoms with Crippen LogP contribution in [0.25, 0.3) is 10.9 Å². The molecule has 1 heterocycles. The summed E-state index contributed by atoms with van der Waals surface area (Å²) in [5.74, 6) is 0.755. The number of nitrogens with one attached hydrogen (secondary N) is 1. The molecule has 0 fully saturated rings. The molecule has 9 heteroatoms. The highest BCUT2D eigenvalue weighted by Crippen LogP contribution is 2.27. The van der Waals surface area contributed by atoms with Crippen LogP contribution in [0.4, 0.5) is 5.69 Å². The zero-order valence-corrected chi connectivity index (χ0v) is 20.0. The number of aryl methyl sites for hydroxylation is 1. The number of aromatic nitrogens is 2. The number of para-hydroxylation sites is 1. The summed E-state index contributed by atoms with van der Waals surface area (Å²) < 4.78 is 13.1. The lowest BCUT2D eigenvalue weighted by Crippen LogP contribution is -2.42. The zero-order chi connectivity index (χ0) is 24.9. The molecule has 0 unspecified atom stereocenters. The number of benzene rings is 3. The van der Waals surface area contributed by atoms with Crippen molar-refractivity contribution in [2.75, 3.05) is 19.5 Å². The summed E-state index contributed by atoms with van der Waals surface area (Å²) in [5.41, 5.74) is 0.865. The predicted octanol–water partition coefficient (Wildman–Crippen LogP) is 3.72. The third-order valence-electron chi connectivity index (χ3n) is 5.63. The van der Waals surface area contributed by atoms with Gasteiger partial charge in [0.05, 0.1) is 25.1 Å². The fourth-order valence-electron chi connectivity index (χ4n) is 3.88. The van der Waals surface area contributed by atoms with Gasteiger partial charge in [0.2, 0.25) is 5.91 Å². The SMILES string of the molecule is COc1ccc(CCn2c(=O)c3ccccc3n(CC(=O)Nc3ccc(Cl)cc3)c2=O)cc1OC. The highest BCUT2D eigenvalue weighted by molar-refractivity contribution is 6.30. The Hall–Kier alpha value is -4.04. The molecule has 0 saturated carbocycles. The van der Waals surface area contributed by atoms with Gasteiger partial charge >= 0.3 is 5.69 Å². The van der Waals surface area contributed by atoms with E-state index in [0.29, 0.717) is 39.5 Å². The minimum Gasteiger partial charge on any atom is -0.493 e. The Morgan fingerprint density at radius 1 is 0.914 bits per heavy atom. The second kappa shape index (κ2) is 10.5. The number of fused-ring (bicyclic) bond motifs is 1. The number of ether oxygens (including phenoxy) is 2.